The second kappa shape index (κ2) is 7.46. The number of benzene rings is 1. The molecular weight excluding hydrogens is 332 g/mol. The maximum atomic E-state index is 12.1. The number of urea groups is 1. The van der Waals surface area contributed by atoms with Gasteiger partial charge in [-0.2, -0.15) is 0 Å². The number of aliphatic hydroxyl groups excluding tert-OH is 3. The SMILES string of the molecule is Cc1cc(C)cc(C(=O)NC(=O)N[C@]2(O)[C@H](O)[C@@H](CO)OC[C@@H]2O)c1. The zero-order chi connectivity index (χ0) is 18.8. The highest BCUT2D eigenvalue weighted by molar-refractivity contribution is 6.04. The molecule has 1 saturated heterocycles. The fourth-order valence-corrected chi connectivity index (χ4v) is 2.72. The Hall–Kier alpha value is -2.04. The van der Waals surface area contributed by atoms with E-state index >= 15 is 0 Å². The van der Waals surface area contributed by atoms with Crippen molar-refractivity contribution < 1.29 is 34.8 Å². The van der Waals surface area contributed by atoms with Crippen molar-refractivity contribution in [1.29, 1.82) is 0 Å². The predicted octanol–water partition coefficient (Wildman–Crippen LogP) is -1.46. The number of carbonyl (C=O) groups excluding carboxylic acids is 2. The summed E-state index contributed by atoms with van der Waals surface area (Å²) in [6, 6.07) is 3.93. The third-order valence-electron chi connectivity index (χ3n) is 3.98. The lowest BCUT2D eigenvalue weighted by Gasteiger charge is -2.44. The van der Waals surface area contributed by atoms with Crippen LogP contribution in [0.25, 0.3) is 0 Å². The minimum absolute atomic E-state index is 0.251. The lowest BCUT2D eigenvalue weighted by Crippen LogP contribution is -2.72. The number of amides is 3. The summed E-state index contributed by atoms with van der Waals surface area (Å²) in [5, 5.41) is 43.3. The number of ether oxygens (including phenoxy) is 1. The third-order valence-corrected chi connectivity index (χ3v) is 3.98. The highest BCUT2D eigenvalue weighted by Gasteiger charge is 2.51. The molecule has 1 aliphatic rings. The van der Waals surface area contributed by atoms with Crippen LogP contribution >= 0.6 is 0 Å². The average molecular weight is 354 g/mol. The van der Waals surface area contributed by atoms with Crippen LogP contribution in [0.15, 0.2) is 18.2 Å². The Morgan fingerprint density at radius 3 is 2.40 bits per heavy atom. The van der Waals surface area contributed by atoms with E-state index in [2.05, 4.69) is 0 Å². The van der Waals surface area contributed by atoms with E-state index in [0.29, 0.717) is 0 Å². The molecule has 2 rings (SSSR count). The van der Waals surface area contributed by atoms with Crippen LogP contribution < -0.4 is 10.6 Å². The molecule has 0 unspecified atom stereocenters. The van der Waals surface area contributed by atoms with Crippen LogP contribution in [-0.2, 0) is 4.74 Å². The first-order valence-electron chi connectivity index (χ1n) is 7.70. The largest absolute Gasteiger partial charge is 0.394 e. The van der Waals surface area contributed by atoms with E-state index < -0.39 is 49.2 Å². The topological polar surface area (TPSA) is 148 Å². The molecule has 9 heteroatoms. The molecule has 0 aromatic heterocycles. The first-order valence-corrected chi connectivity index (χ1v) is 7.70. The van der Waals surface area contributed by atoms with Gasteiger partial charge in [-0.3, -0.25) is 10.1 Å². The number of nitrogens with one attached hydrogen (secondary N) is 2. The van der Waals surface area contributed by atoms with Gasteiger partial charge >= 0.3 is 6.03 Å². The first kappa shape index (κ1) is 19.3. The van der Waals surface area contributed by atoms with Crippen molar-refractivity contribution in [3.63, 3.8) is 0 Å². The maximum absolute atomic E-state index is 12.1. The van der Waals surface area contributed by atoms with Gasteiger partial charge in [-0.15, -0.1) is 0 Å². The monoisotopic (exact) mass is 354 g/mol. The quantitative estimate of drug-likeness (QED) is 0.364. The number of hydrogen-bond donors (Lipinski definition) is 6. The number of aryl methyl sites for hydroxylation is 2. The number of rotatable bonds is 3. The van der Waals surface area contributed by atoms with Crippen molar-refractivity contribution >= 4 is 11.9 Å². The van der Waals surface area contributed by atoms with Gasteiger partial charge in [0.25, 0.3) is 5.91 Å². The van der Waals surface area contributed by atoms with Crippen molar-refractivity contribution in [3.8, 4) is 0 Å². The molecule has 1 aromatic rings. The Labute approximate surface area is 144 Å². The van der Waals surface area contributed by atoms with Gasteiger partial charge in [-0.25, -0.2) is 4.79 Å². The molecule has 1 aromatic carbocycles. The van der Waals surface area contributed by atoms with Crippen LogP contribution in [0.1, 0.15) is 21.5 Å². The lowest BCUT2D eigenvalue weighted by atomic mass is 9.93. The number of imide groups is 1. The number of carbonyl (C=O) groups is 2. The molecular formula is C16H22N2O7. The van der Waals surface area contributed by atoms with Gasteiger partial charge in [0, 0.05) is 5.56 Å². The maximum Gasteiger partial charge on any atom is 0.324 e. The molecule has 3 amide bonds. The third kappa shape index (κ3) is 4.14. The predicted molar refractivity (Wildman–Crippen MR) is 85.7 cm³/mol. The number of aliphatic hydroxyl groups is 4. The van der Waals surface area contributed by atoms with Gasteiger partial charge < -0.3 is 30.5 Å². The molecule has 9 nitrogen and oxygen atoms in total. The average Bonchev–Trinajstić information content (AvgIpc) is 2.52. The molecule has 0 aliphatic carbocycles. The van der Waals surface area contributed by atoms with Crippen molar-refractivity contribution in [2.24, 2.45) is 0 Å². The van der Waals surface area contributed by atoms with Crippen LogP contribution in [-0.4, -0.2) is 69.6 Å². The minimum atomic E-state index is -2.47. The summed E-state index contributed by atoms with van der Waals surface area (Å²) in [4.78, 5) is 24.2. The van der Waals surface area contributed by atoms with Gasteiger partial charge in [-0.1, -0.05) is 17.2 Å². The Bertz CT molecular complexity index is 646. The van der Waals surface area contributed by atoms with E-state index in [0.717, 1.165) is 11.1 Å². The summed E-state index contributed by atoms with van der Waals surface area (Å²) in [5.74, 6) is -0.706. The zero-order valence-electron chi connectivity index (χ0n) is 13.9. The Morgan fingerprint density at radius 1 is 1.24 bits per heavy atom. The molecule has 4 atom stereocenters. The second-order valence-corrected chi connectivity index (χ2v) is 6.12. The molecule has 1 aliphatic heterocycles. The fourth-order valence-electron chi connectivity index (χ4n) is 2.72. The molecule has 6 N–H and O–H groups in total. The van der Waals surface area contributed by atoms with Crippen molar-refractivity contribution in [2.45, 2.75) is 37.9 Å². The van der Waals surface area contributed by atoms with E-state index in [1.165, 1.54) is 0 Å². The molecule has 0 spiro atoms. The molecule has 138 valence electrons. The van der Waals surface area contributed by atoms with E-state index in [1.54, 1.807) is 26.0 Å². The van der Waals surface area contributed by atoms with E-state index in [1.807, 2.05) is 16.7 Å². The zero-order valence-corrected chi connectivity index (χ0v) is 13.9. The van der Waals surface area contributed by atoms with Gasteiger partial charge in [0.1, 0.15) is 18.3 Å². The summed E-state index contributed by atoms with van der Waals surface area (Å²) in [6.07, 6.45) is -4.63. The van der Waals surface area contributed by atoms with Gasteiger partial charge in [0.05, 0.1) is 13.2 Å². The van der Waals surface area contributed by atoms with Gasteiger partial charge in [-0.05, 0) is 26.0 Å². The Kier molecular flexibility index (Phi) is 5.76. The lowest BCUT2D eigenvalue weighted by molar-refractivity contribution is -0.254. The van der Waals surface area contributed by atoms with Crippen LogP contribution in [0.3, 0.4) is 0 Å². The number of hydrogen-bond acceptors (Lipinski definition) is 7. The summed E-state index contributed by atoms with van der Waals surface area (Å²) in [7, 11) is 0. The summed E-state index contributed by atoms with van der Waals surface area (Å²) in [5.41, 5.74) is -0.546. The standard InChI is InChI=1S/C16H22N2O7/c1-8-3-9(2)5-10(4-8)14(22)17-15(23)18-16(24)12(20)7-25-11(6-19)13(16)21/h3-5,11-13,19-21,24H,6-7H2,1-2H3,(H2,17,18,22,23)/t11-,12+,13-,16-/m1/s1. The second-order valence-electron chi connectivity index (χ2n) is 6.12. The summed E-state index contributed by atoms with van der Waals surface area (Å²) < 4.78 is 4.96. The van der Waals surface area contributed by atoms with Crippen LogP contribution in [0.4, 0.5) is 4.79 Å². The first-order chi connectivity index (χ1) is 11.7. The van der Waals surface area contributed by atoms with Crippen LogP contribution in [0.2, 0.25) is 0 Å². The molecule has 0 bridgehead atoms. The van der Waals surface area contributed by atoms with Crippen molar-refractivity contribution in [2.75, 3.05) is 13.2 Å². The smallest absolute Gasteiger partial charge is 0.324 e. The highest BCUT2D eigenvalue weighted by atomic mass is 16.5. The molecule has 1 heterocycles. The molecule has 1 fully saturated rings. The Balaban J connectivity index is 2.08. The molecule has 25 heavy (non-hydrogen) atoms. The van der Waals surface area contributed by atoms with E-state index in [-0.39, 0.29) is 5.56 Å². The normalized spacial score (nSPS) is 29.1. The summed E-state index contributed by atoms with van der Waals surface area (Å²) in [6.45, 7) is 2.57. The van der Waals surface area contributed by atoms with Gasteiger partial charge in [0.15, 0.2) is 5.72 Å². The summed E-state index contributed by atoms with van der Waals surface area (Å²) >= 11 is 0. The van der Waals surface area contributed by atoms with E-state index in [9.17, 15) is 24.9 Å². The molecule has 0 saturated carbocycles. The van der Waals surface area contributed by atoms with Crippen LogP contribution in [0, 0.1) is 13.8 Å². The van der Waals surface area contributed by atoms with Crippen LogP contribution in [0.5, 0.6) is 0 Å². The van der Waals surface area contributed by atoms with Gasteiger partial charge in [0.2, 0.25) is 0 Å². The fraction of sp³-hybridized carbons (Fsp3) is 0.500. The highest BCUT2D eigenvalue weighted by Crippen LogP contribution is 2.23. The Morgan fingerprint density at radius 2 is 1.84 bits per heavy atom. The van der Waals surface area contributed by atoms with E-state index in [4.69, 9.17) is 9.84 Å². The van der Waals surface area contributed by atoms with Crippen molar-refractivity contribution in [3.05, 3.63) is 34.9 Å². The molecule has 0 radical (unpaired) electrons. The minimum Gasteiger partial charge on any atom is -0.394 e. The van der Waals surface area contributed by atoms with Crippen molar-refractivity contribution in [1.82, 2.24) is 10.6 Å².